The fraction of sp³-hybridized carbons (Fsp3) is 0.333. The Kier molecular flexibility index (Phi) is 3.13. The van der Waals surface area contributed by atoms with Crippen molar-refractivity contribution in [3.05, 3.63) is 41.5 Å². The largest absolute Gasteiger partial charge is 0.496 e. The van der Waals surface area contributed by atoms with Crippen molar-refractivity contribution in [1.82, 2.24) is 0 Å². The monoisotopic (exact) mass is 176 g/mol. The minimum atomic E-state index is 0.867. The van der Waals surface area contributed by atoms with E-state index in [2.05, 4.69) is 32.6 Å². The molecule has 0 saturated carbocycles. The van der Waals surface area contributed by atoms with Crippen molar-refractivity contribution in [2.75, 3.05) is 7.11 Å². The first-order valence-corrected chi connectivity index (χ1v) is 4.44. The Morgan fingerprint density at radius 1 is 1.38 bits per heavy atom. The summed E-state index contributed by atoms with van der Waals surface area (Å²) in [5, 5.41) is 0. The van der Waals surface area contributed by atoms with E-state index in [0.29, 0.717) is 0 Å². The van der Waals surface area contributed by atoms with Gasteiger partial charge in [0, 0.05) is 0 Å². The Labute approximate surface area is 80.0 Å². The minimum Gasteiger partial charge on any atom is -0.496 e. The number of aryl methyl sites for hydroxylation is 2. The lowest BCUT2D eigenvalue weighted by molar-refractivity contribution is 0.407. The van der Waals surface area contributed by atoms with Crippen molar-refractivity contribution < 1.29 is 4.74 Å². The fourth-order valence-corrected chi connectivity index (χ4v) is 1.64. The van der Waals surface area contributed by atoms with Gasteiger partial charge in [-0.05, 0) is 31.4 Å². The Bertz CT molecular complexity index is 313. The molecule has 0 heterocycles. The van der Waals surface area contributed by atoms with Crippen molar-refractivity contribution in [3.8, 4) is 5.75 Å². The molecule has 0 aliphatic rings. The Balaban J connectivity index is 3.20. The third-order valence-corrected chi connectivity index (χ3v) is 2.06. The standard InChI is InChI=1S/C12H16O/c1-5-6-11-8-9(2)7-10(3)12(11)13-4/h5,7-8H,1,6H2,2-4H3. The Morgan fingerprint density at radius 3 is 2.62 bits per heavy atom. The van der Waals surface area contributed by atoms with E-state index in [9.17, 15) is 0 Å². The van der Waals surface area contributed by atoms with E-state index < -0.39 is 0 Å². The number of ether oxygens (including phenoxy) is 1. The van der Waals surface area contributed by atoms with Gasteiger partial charge in [-0.25, -0.2) is 0 Å². The predicted octanol–water partition coefficient (Wildman–Crippen LogP) is 3.04. The lowest BCUT2D eigenvalue weighted by Gasteiger charge is -2.11. The van der Waals surface area contributed by atoms with Crippen LogP contribution in [0.1, 0.15) is 16.7 Å². The number of allylic oxidation sites excluding steroid dienone is 1. The van der Waals surface area contributed by atoms with E-state index in [4.69, 9.17) is 4.74 Å². The highest BCUT2D eigenvalue weighted by atomic mass is 16.5. The summed E-state index contributed by atoms with van der Waals surface area (Å²) in [4.78, 5) is 0. The molecule has 0 spiro atoms. The lowest BCUT2D eigenvalue weighted by atomic mass is 10.0. The molecule has 0 saturated heterocycles. The summed E-state index contributed by atoms with van der Waals surface area (Å²) in [6.07, 6.45) is 2.77. The van der Waals surface area contributed by atoms with E-state index in [-0.39, 0.29) is 0 Å². The second-order valence-corrected chi connectivity index (χ2v) is 3.27. The maximum atomic E-state index is 5.34. The Morgan fingerprint density at radius 2 is 2.08 bits per heavy atom. The molecule has 0 aliphatic carbocycles. The van der Waals surface area contributed by atoms with Crippen LogP contribution >= 0.6 is 0 Å². The predicted molar refractivity (Wildman–Crippen MR) is 56.4 cm³/mol. The van der Waals surface area contributed by atoms with Gasteiger partial charge in [-0.1, -0.05) is 23.8 Å². The maximum Gasteiger partial charge on any atom is 0.125 e. The van der Waals surface area contributed by atoms with Crippen molar-refractivity contribution >= 4 is 0 Å². The first-order chi connectivity index (χ1) is 6.19. The summed E-state index contributed by atoms with van der Waals surface area (Å²) in [5.74, 6) is 0.991. The molecule has 0 aromatic heterocycles. The second-order valence-electron chi connectivity index (χ2n) is 3.27. The van der Waals surface area contributed by atoms with Crippen LogP contribution in [0.15, 0.2) is 24.8 Å². The summed E-state index contributed by atoms with van der Waals surface area (Å²) in [6.45, 7) is 7.90. The summed E-state index contributed by atoms with van der Waals surface area (Å²) >= 11 is 0. The fourth-order valence-electron chi connectivity index (χ4n) is 1.64. The molecule has 70 valence electrons. The molecule has 13 heavy (non-hydrogen) atoms. The summed E-state index contributed by atoms with van der Waals surface area (Å²) in [7, 11) is 1.71. The van der Waals surface area contributed by atoms with Gasteiger partial charge in [0.25, 0.3) is 0 Å². The highest BCUT2D eigenvalue weighted by Crippen LogP contribution is 2.25. The van der Waals surface area contributed by atoms with Crippen LogP contribution < -0.4 is 4.74 Å². The maximum absolute atomic E-state index is 5.34. The smallest absolute Gasteiger partial charge is 0.125 e. The van der Waals surface area contributed by atoms with Crippen molar-refractivity contribution in [3.63, 3.8) is 0 Å². The first kappa shape index (κ1) is 9.85. The van der Waals surface area contributed by atoms with Gasteiger partial charge in [0.1, 0.15) is 5.75 Å². The summed E-state index contributed by atoms with van der Waals surface area (Å²) < 4.78 is 5.34. The lowest BCUT2D eigenvalue weighted by Crippen LogP contribution is -1.94. The van der Waals surface area contributed by atoms with Gasteiger partial charge in [-0.15, -0.1) is 6.58 Å². The van der Waals surface area contributed by atoms with E-state index in [0.717, 1.165) is 12.2 Å². The molecule has 1 heteroatoms. The van der Waals surface area contributed by atoms with E-state index in [1.165, 1.54) is 16.7 Å². The van der Waals surface area contributed by atoms with E-state index >= 15 is 0 Å². The second kappa shape index (κ2) is 4.13. The SMILES string of the molecule is C=CCc1cc(C)cc(C)c1OC. The molecule has 0 N–H and O–H groups in total. The van der Waals surface area contributed by atoms with Crippen molar-refractivity contribution in [1.29, 1.82) is 0 Å². The Hall–Kier alpha value is -1.24. The summed E-state index contributed by atoms with van der Waals surface area (Å²) in [6, 6.07) is 4.28. The summed E-state index contributed by atoms with van der Waals surface area (Å²) in [5.41, 5.74) is 3.68. The van der Waals surface area contributed by atoms with Crippen molar-refractivity contribution in [2.24, 2.45) is 0 Å². The van der Waals surface area contributed by atoms with Crippen LogP contribution in [-0.2, 0) is 6.42 Å². The number of hydrogen-bond acceptors (Lipinski definition) is 1. The van der Waals surface area contributed by atoms with Crippen LogP contribution in [0.2, 0.25) is 0 Å². The molecule has 1 nitrogen and oxygen atoms in total. The van der Waals surface area contributed by atoms with E-state index in [1.54, 1.807) is 7.11 Å². The number of benzene rings is 1. The quantitative estimate of drug-likeness (QED) is 0.643. The van der Waals surface area contributed by atoms with Gasteiger partial charge in [0.05, 0.1) is 7.11 Å². The molecule has 0 atom stereocenters. The molecule has 0 amide bonds. The number of hydrogen-bond donors (Lipinski definition) is 0. The van der Waals surface area contributed by atoms with E-state index in [1.807, 2.05) is 6.08 Å². The zero-order chi connectivity index (χ0) is 9.84. The van der Waals surface area contributed by atoms with Crippen molar-refractivity contribution in [2.45, 2.75) is 20.3 Å². The molecule has 1 aromatic carbocycles. The molecule has 0 fully saturated rings. The van der Waals surface area contributed by atoms with Crippen LogP contribution in [0.3, 0.4) is 0 Å². The van der Waals surface area contributed by atoms with Gasteiger partial charge in [0.2, 0.25) is 0 Å². The van der Waals surface area contributed by atoms with Crippen LogP contribution in [-0.4, -0.2) is 7.11 Å². The number of rotatable bonds is 3. The topological polar surface area (TPSA) is 9.23 Å². The van der Waals surface area contributed by atoms with Gasteiger partial charge >= 0.3 is 0 Å². The van der Waals surface area contributed by atoms with Crippen LogP contribution in [0.25, 0.3) is 0 Å². The highest BCUT2D eigenvalue weighted by molar-refractivity contribution is 5.44. The minimum absolute atomic E-state index is 0.867. The molecule has 0 unspecified atom stereocenters. The van der Waals surface area contributed by atoms with Gasteiger partial charge in [0.15, 0.2) is 0 Å². The average molecular weight is 176 g/mol. The molecular weight excluding hydrogens is 160 g/mol. The van der Waals surface area contributed by atoms with Crippen LogP contribution in [0.4, 0.5) is 0 Å². The van der Waals surface area contributed by atoms with Crippen LogP contribution in [0, 0.1) is 13.8 Å². The molecule has 0 radical (unpaired) electrons. The zero-order valence-electron chi connectivity index (χ0n) is 8.55. The van der Waals surface area contributed by atoms with Gasteiger partial charge < -0.3 is 4.74 Å². The molecular formula is C12H16O. The molecule has 1 aromatic rings. The van der Waals surface area contributed by atoms with Crippen LogP contribution in [0.5, 0.6) is 5.75 Å². The number of methoxy groups -OCH3 is 1. The average Bonchev–Trinajstić information content (AvgIpc) is 2.04. The zero-order valence-corrected chi connectivity index (χ0v) is 8.55. The molecule has 0 aliphatic heterocycles. The molecule has 0 bridgehead atoms. The third-order valence-electron chi connectivity index (χ3n) is 2.06. The first-order valence-electron chi connectivity index (χ1n) is 4.44. The molecule has 1 rings (SSSR count). The highest BCUT2D eigenvalue weighted by Gasteiger charge is 2.05. The third kappa shape index (κ3) is 2.11. The van der Waals surface area contributed by atoms with Gasteiger partial charge in [-0.2, -0.15) is 0 Å². The normalized spacial score (nSPS) is 9.77. The van der Waals surface area contributed by atoms with Gasteiger partial charge in [-0.3, -0.25) is 0 Å².